The number of anilines is 1. The van der Waals surface area contributed by atoms with Gasteiger partial charge in [-0.3, -0.25) is 4.68 Å². The molecule has 1 N–H and O–H groups in total. The maximum Gasteiger partial charge on any atom is 0.416 e. The Morgan fingerprint density at radius 3 is 2.19 bits per heavy atom. The average molecular weight is 395 g/mol. The van der Waals surface area contributed by atoms with Gasteiger partial charge in [0.15, 0.2) is 0 Å². The van der Waals surface area contributed by atoms with E-state index in [1.807, 2.05) is 0 Å². The summed E-state index contributed by atoms with van der Waals surface area (Å²) in [4.78, 5) is 0. The number of nitrogens with zero attached hydrogens (tertiary/aromatic N) is 2. The maximum absolute atomic E-state index is 13.0. The number of hydrogen-bond acceptors (Lipinski definition) is 3. The Hall–Kier alpha value is -2.23. The Kier molecular flexibility index (Phi) is 6.40. The lowest BCUT2D eigenvalue weighted by Crippen LogP contribution is -2.15. The first kappa shape index (κ1) is 21.1. The van der Waals surface area contributed by atoms with Crippen LogP contribution in [0.25, 0.3) is 0 Å². The van der Waals surface area contributed by atoms with Crippen molar-refractivity contribution in [2.45, 2.75) is 38.3 Å². The third-order valence-corrected chi connectivity index (χ3v) is 3.85. The first-order valence-corrected chi connectivity index (χ1v) is 8.09. The summed E-state index contributed by atoms with van der Waals surface area (Å²) in [7, 11) is 1.57. The zero-order valence-corrected chi connectivity index (χ0v) is 14.7. The van der Waals surface area contributed by atoms with E-state index in [-0.39, 0.29) is 11.6 Å². The average Bonchev–Trinajstić information content (AvgIpc) is 3.00. The lowest BCUT2D eigenvalue weighted by molar-refractivity contribution is -0.143. The summed E-state index contributed by atoms with van der Waals surface area (Å²) in [6.07, 6.45) is -7.37. The van der Waals surface area contributed by atoms with E-state index >= 15 is 0 Å². The van der Waals surface area contributed by atoms with Crippen molar-refractivity contribution >= 4 is 5.82 Å². The third kappa shape index (κ3) is 5.88. The van der Waals surface area contributed by atoms with Gasteiger partial charge in [-0.25, -0.2) is 0 Å². The summed E-state index contributed by atoms with van der Waals surface area (Å²) in [5, 5.41) is 7.02. The molecule has 1 unspecified atom stereocenters. The van der Waals surface area contributed by atoms with Gasteiger partial charge < -0.3 is 10.1 Å². The van der Waals surface area contributed by atoms with Gasteiger partial charge >= 0.3 is 12.4 Å². The fraction of sp³-hybridized carbons (Fsp3) is 0.471. The second-order valence-electron chi connectivity index (χ2n) is 6.02. The molecular weight excluding hydrogens is 376 g/mol. The van der Waals surface area contributed by atoms with Crippen LogP contribution in [0.3, 0.4) is 0 Å². The molecule has 0 saturated heterocycles. The zero-order valence-electron chi connectivity index (χ0n) is 14.7. The summed E-state index contributed by atoms with van der Waals surface area (Å²) in [6, 6.07) is 2.32. The van der Waals surface area contributed by atoms with E-state index in [1.54, 1.807) is 24.1 Å². The van der Waals surface area contributed by atoms with Crippen LogP contribution in [0.2, 0.25) is 0 Å². The number of hydrogen-bond donors (Lipinski definition) is 1. The molecule has 27 heavy (non-hydrogen) atoms. The molecule has 1 atom stereocenters. The van der Waals surface area contributed by atoms with Gasteiger partial charge in [0.05, 0.1) is 17.2 Å². The number of halogens is 6. The van der Waals surface area contributed by atoms with E-state index in [0.717, 1.165) is 6.42 Å². The van der Waals surface area contributed by atoms with E-state index in [2.05, 4.69) is 10.4 Å². The molecule has 150 valence electrons. The molecule has 1 aromatic carbocycles. The quantitative estimate of drug-likeness (QED) is 0.522. The largest absolute Gasteiger partial charge is 0.416 e. The summed E-state index contributed by atoms with van der Waals surface area (Å²) in [5.41, 5.74) is -2.82. The van der Waals surface area contributed by atoms with Crippen LogP contribution in [0.15, 0.2) is 30.5 Å². The lowest BCUT2D eigenvalue weighted by atomic mass is 10.0. The molecule has 0 saturated carbocycles. The fourth-order valence-corrected chi connectivity index (χ4v) is 2.47. The van der Waals surface area contributed by atoms with Crippen LogP contribution in [0.1, 0.15) is 36.1 Å². The fourth-order valence-electron chi connectivity index (χ4n) is 2.47. The number of aryl methyl sites for hydroxylation is 1. The Morgan fingerprint density at radius 2 is 1.67 bits per heavy atom. The van der Waals surface area contributed by atoms with Crippen LogP contribution in [-0.2, 0) is 23.6 Å². The topological polar surface area (TPSA) is 39.1 Å². The monoisotopic (exact) mass is 395 g/mol. The Morgan fingerprint density at radius 1 is 1.07 bits per heavy atom. The zero-order chi connectivity index (χ0) is 20.2. The number of ether oxygens (including phenoxy) is 1. The van der Waals surface area contributed by atoms with E-state index in [4.69, 9.17) is 4.74 Å². The molecule has 0 radical (unpaired) electrons. The van der Waals surface area contributed by atoms with Gasteiger partial charge in [0.1, 0.15) is 5.82 Å². The van der Waals surface area contributed by atoms with Gasteiger partial charge in [0, 0.05) is 32.5 Å². The lowest BCUT2D eigenvalue weighted by Gasteiger charge is -2.18. The Bertz CT molecular complexity index is 722. The highest BCUT2D eigenvalue weighted by atomic mass is 19.4. The van der Waals surface area contributed by atoms with Crippen molar-refractivity contribution in [1.82, 2.24) is 9.78 Å². The summed E-state index contributed by atoms with van der Waals surface area (Å²) in [5.74, 6) is 0.353. The molecule has 0 bridgehead atoms. The van der Waals surface area contributed by atoms with E-state index in [1.165, 1.54) is 6.92 Å². The highest BCUT2D eigenvalue weighted by Gasteiger charge is 2.37. The van der Waals surface area contributed by atoms with Gasteiger partial charge in [-0.2, -0.15) is 31.4 Å². The van der Waals surface area contributed by atoms with Gasteiger partial charge in [0.2, 0.25) is 0 Å². The molecule has 1 aromatic heterocycles. The summed E-state index contributed by atoms with van der Waals surface area (Å²) >= 11 is 0. The minimum absolute atomic E-state index is 0.112. The van der Waals surface area contributed by atoms with Gasteiger partial charge in [-0.15, -0.1) is 0 Å². The first-order chi connectivity index (χ1) is 12.5. The highest BCUT2D eigenvalue weighted by molar-refractivity contribution is 5.41. The number of rotatable bonds is 7. The SMILES string of the molecule is COCCCn1ccc(NC(C)c2cc(C(F)(F)F)cc(C(F)(F)F)c2)n1. The van der Waals surface area contributed by atoms with Gasteiger partial charge in [-0.1, -0.05) is 0 Å². The number of nitrogens with one attached hydrogen (secondary N) is 1. The number of methoxy groups -OCH3 is 1. The molecule has 0 amide bonds. The molecule has 4 nitrogen and oxygen atoms in total. The molecule has 0 aliphatic rings. The Balaban J connectivity index is 2.21. The first-order valence-electron chi connectivity index (χ1n) is 8.09. The molecule has 0 aliphatic heterocycles. The molecule has 0 spiro atoms. The van der Waals surface area contributed by atoms with E-state index < -0.39 is 29.5 Å². The predicted molar refractivity (Wildman–Crippen MR) is 87.2 cm³/mol. The summed E-state index contributed by atoms with van der Waals surface area (Å²) < 4.78 is 84.3. The van der Waals surface area contributed by atoms with Crippen LogP contribution in [0, 0.1) is 0 Å². The molecule has 2 rings (SSSR count). The predicted octanol–water partition coefficient (Wildman–Crippen LogP) is 5.13. The number of alkyl halides is 6. The molecule has 2 aromatic rings. The van der Waals surface area contributed by atoms with Crippen molar-refractivity contribution in [3.05, 3.63) is 47.2 Å². The van der Waals surface area contributed by atoms with Crippen LogP contribution >= 0.6 is 0 Å². The van der Waals surface area contributed by atoms with Crippen LogP contribution in [0.5, 0.6) is 0 Å². The second kappa shape index (κ2) is 8.20. The second-order valence-corrected chi connectivity index (χ2v) is 6.02. The minimum atomic E-state index is -4.88. The maximum atomic E-state index is 13.0. The smallest absolute Gasteiger partial charge is 0.385 e. The van der Waals surface area contributed by atoms with Crippen LogP contribution < -0.4 is 5.32 Å². The van der Waals surface area contributed by atoms with Crippen molar-refractivity contribution in [3.63, 3.8) is 0 Å². The standard InChI is InChI=1S/C17H19F6N3O/c1-11(24-15-4-6-26(25-15)5-3-7-27-2)12-8-13(16(18,19)20)10-14(9-12)17(21,22)23/h4,6,8-11H,3,5,7H2,1-2H3,(H,24,25). The van der Waals surface area contributed by atoms with Crippen molar-refractivity contribution in [2.75, 3.05) is 19.0 Å². The minimum Gasteiger partial charge on any atom is -0.385 e. The Labute approximate surface area is 152 Å². The van der Waals surface area contributed by atoms with Crippen molar-refractivity contribution < 1.29 is 31.1 Å². The van der Waals surface area contributed by atoms with Crippen molar-refractivity contribution in [2.24, 2.45) is 0 Å². The molecular formula is C17H19F6N3O. The number of benzene rings is 1. The van der Waals surface area contributed by atoms with Crippen LogP contribution in [-0.4, -0.2) is 23.5 Å². The van der Waals surface area contributed by atoms with Gasteiger partial charge in [0.25, 0.3) is 0 Å². The third-order valence-electron chi connectivity index (χ3n) is 3.85. The molecule has 10 heteroatoms. The summed E-state index contributed by atoms with van der Waals surface area (Å²) in [6.45, 7) is 2.59. The van der Waals surface area contributed by atoms with Crippen molar-refractivity contribution in [1.29, 1.82) is 0 Å². The van der Waals surface area contributed by atoms with Crippen LogP contribution in [0.4, 0.5) is 32.2 Å². The normalized spacial score (nSPS) is 13.6. The molecule has 1 heterocycles. The molecule has 0 aliphatic carbocycles. The van der Waals surface area contributed by atoms with Gasteiger partial charge in [-0.05, 0) is 37.1 Å². The highest BCUT2D eigenvalue weighted by Crippen LogP contribution is 2.37. The number of aromatic nitrogens is 2. The van der Waals surface area contributed by atoms with Crippen molar-refractivity contribution in [3.8, 4) is 0 Å². The van der Waals surface area contributed by atoms with E-state index in [0.29, 0.717) is 31.1 Å². The molecule has 0 fully saturated rings. The van der Waals surface area contributed by atoms with E-state index in [9.17, 15) is 26.3 Å².